The first-order valence-corrected chi connectivity index (χ1v) is 7.97. The van der Waals surface area contributed by atoms with Crippen LogP contribution < -0.4 is 10.1 Å². The number of phenols is 1. The van der Waals surface area contributed by atoms with Gasteiger partial charge < -0.3 is 15.2 Å². The molecular formula is C16H23N3O5. The lowest BCUT2D eigenvalue weighted by molar-refractivity contribution is -0.386. The average Bonchev–Trinajstić information content (AvgIpc) is 3.01. The standard InChI is InChI=1S/C16H23N3O5/c1-4-18-7-5-6-11(18)9-17-16(21)13-14(20)12(19(22)23)8-10(2)15(13)24-3/h8,11,20H,4-7,9H2,1-3H3,(H,17,21)/t11-/m0/s1. The Morgan fingerprint density at radius 3 is 2.88 bits per heavy atom. The summed E-state index contributed by atoms with van der Waals surface area (Å²) in [5, 5.41) is 24.0. The first-order valence-electron chi connectivity index (χ1n) is 7.97. The summed E-state index contributed by atoms with van der Waals surface area (Å²) < 4.78 is 5.17. The molecule has 1 aromatic carbocycles. The molecule has 1 aromatic rings. The quantitative estimate of drug-likeness (QED) is 0.606. The van der Waals surface area contributed by atoms with Crippen LogP contribution in [0.15, 0.2) is 6.07 Å². The summed E-state index contributed by atoms with van der Waals surface area (Å²) in [5.74, 6) is -1.09. The van der Waals surface area contributed by atoms with Crippen LogP contribution in [0.5, 0.6) is 11.5 Å². The summed E-state index contributed by atoms with van der Waals surface area (Å²) in [6.45, 7) is 6.00. The number of carbonyl (C=O) groups excluding carboxylic acids is 1. The number of aromatic hydroxyl groups is 1. The number of rotatable bonds is 6. The summed E-state index contributed by atoms with van der Waals surface area (Å²) in [5.41, 5.74) is -0.275. The summed E-state index contributed by atoms with van der Waals surface area (Å²) in [7, 11) is 1.36. The summed E-state index contributed by atoms with van der Waals surface area (Å²) >= 11 is 0. The van der Waals surface area contributed by atoms with Crippen molar-refractivity contribution in [2.45, 2.75) is 32.7 Å². The van der Waals surface area contributed by atoms with Gasteiger partial charge in [0.25, 0.3) is 5.91 Å². The first kappa shape index (κ1) is 18.0. The molecule has 1 heterocycles. The molecule has 1 amide bonds. The Kier molecular flexibility index (Phi) is 5.61. The maximum absolute atomic E-state index is 12.5. The van der Waals surface area contributed by atoms with Crippen molar-refractivity contribution in [2.24, 2.45) is 0 Å². The van der Waals surface area contributed by atoms with Crippen LogP contribution in [0.4, 0.5) is 5.69 Å². The molecule has 0 unspecified atom stereocenters. The van der Waals surface area contributed by atoms with Crippen molar-refractivity contribution in [3.05, 3.63) is 27.3 Å². The number of likely N-dealkylation sites (tertiary alicyclic amines) is 1. The molecule has 0 bridgehead atoms. The fourth-order valence-electron chi connectivity index (χ4n) is 3.23. The molecule has 132 valence electrons. The molecule has 8 nitrogen and oxygen atoms in total. The number of nitrogens with one attached hydrogen (secondary N) is 1. The van der Waals surface area contributed by atoms with Crippen molar-refractivity contribution in [2.75, 3.05) is 26.7 Å². The lowest BCUT2D eigenvalue weighted by Gasteiger charge is -2.23. The Balaban J connectivity index is 2.26. The number of nitro benzene ring substituents is 1. The second-order valence-electron chi connectivity index (χ2n) is 5.86. The molecule has 2 N–H and O–H groups in total. The van der Waals surface area contributed by atoms with Gasteiger partial charge in [0.2, 0.25) is 5.75 Å². The van der Waals surface area contributed by atoms with Gasteiger partial charge in [-0.1, -0.05) is 6.92 Å². The van der Waals surface area contributed by atoms with Crippen LogP contribution in [0.25, 0.3) is 0 Å². The molecule has 1 fully saturated rings. The lowest BCUT2D eigenvalue weighted by Crippen LogP contribution is -2.40. The average molecular weight is 337 g/mol. The minimum Gasteiger partial charge on any atom is -0.501 e. The number of nitro groups is 1. The Morgan fingerprint density at radius 2 is 2.29 bits per heavy atom. The van der Waals surface area contributed by atoms with Crippen molar-refractivity contribution in [3.8, 4) is 11.5 Å². The highest BCUT2D eigenvalue weighted by molar-refractivity contribution is 6.01. The number of phenolic OH excluding ortho intramolecular Hbond substituents is 1. The van der Waals surface area contributed by atoms with Crippen molar-refractivity contribution in [3.63, 3.8) is 0 Å². The second-order valence-corrected chi connectivity index (χ2v) is 5.86. The number of ether oxygens (including phenoxy) is 1. The Morgan fingerprint density at radius 1 is 1.58 bits per heavy atom. The predicted molar refractivity (Wildman–Crippen MR) is 88.7 cm³/mol. The van der Waals surface area contributed by atoms with E-state index in [1.807, 2.05) is 0 Å². The summed E-state index contributed by atoms with van der Waals surface area (Å²) in [4.78, 5) is 25.2. The number of hydrogen-bond acceptors (Lipinski definition) is 6. The molecule has 1 saturated heterocycles. The molecule has 0 spiro atoms. The third-order valence-corrected chi connectivity index (χ3v) is 4.45. The van der Waals surface area contributed by atoms with Crippen LogP contribution >= 0.6 is 0 Å². The molecule has 8 heteroatoms. The van der Waals surface area contributed by atoms with Gasteiger partial charge in [0, 0.05) is 18.7 Å². The number of carbonyl (C=O) groups is 1. The fraction of sp³-hybridized carbons (Fsp3) is 0.562. The minimum absolute atomic E-state index is 0.148. The van der Waals surface area contributed by atoms with E-state index >= 15 is 0 Å². The van der Waals surface area contributed by atoms with Crippen molar-refractivity contribution < 1.29 is 19.6 Å². The molecule has 24 heavy (non-hydrogen) atoms. The molecular weight excluding hydrogens is 314 g/mol. The zero-order valence-electron chi connectivity index (χ0n) is 14.2. The SMILES string of the molecule is CCN1CCC[C@H]1CNC(=O)c1c(O)c([N+](=O)[O-])cc(C)c1OC. The molecule has 0 aliphatic carbocycles. The highest BCUT2D eigenvalue weighted by atomic mass is 16.6. The largest absolute Gasteiger partial charge is 0.501 e. The number of likely N-dealkylation sites (N-methyl/N-ethyl adjacent to an activating group) is 1. The third kappa shape index (κ3) is 3.43. The van der Waals surface area contributed by atoms with E-state index < -0.39 is 22.3 Å². The van der Waals surface area contributed by atoms with Crippen LogP contribution in [0.1, 0.15) is 35.7 Å². The van der Waals surface area contributed by atoms with Gasteiger partial charge in [0.1, 0.15) is 11.3 Å². The molecule has 1 aliphatic heterocycles. The van der Waals surface area contributed by atoms with Crippen LogP contribution in [0, 0.1) is 17.0 Å². The fourth-order valence-corrected chi connectivity index (χ4v) is 3.23. The minimum atomic E-state index is -0.714. The number of nitrogens with zero attached hydrogens (tertiary/aromatic N) is 2. The van der Waals surface area contributed by atoms with Gasteiger partial charge in [0.05, 0.1) is 12.0 Å². The van der Waals surface area contributed by atoms with Crippen molar-refractivity contribution in [1.82, 2.24) is 10.2 Å². The van der Waals surface area contributed by atoms with E-state index in [0.29, 0.717) is 12.1 Å². The van der Waals surface area contributed by atoms with Gasteiger partial charge in [-0.15, -0.1) is 0 Å². The van der Waals surface area contributed by atoms with E-state index in [0.717, 1.165) is 25.9 Å². The number of amides is 1. The van der Waals surface area contributed by atoms with Crippen LogP contribution in [-0.2, 0) is 0 Å². The predicted octanol–water partition coefficient (Wildman–Crippen LogP) is 1.83. The van der Waals surface area contributed by atoms with E-state index in [-0.39, 0.29) is 17.4 Å². The van der Waals surface area contributed by atoms with Crippen molar-refractivity contribution in [1.29, 1.82) is 0 Å². The number of hydrogen-bond donors (Lipinski definition) is 2. The second kappa shape index (κ2) is 7.48. The lowest BCUT2D eigenvalue weighted by atomic mass is 10.1. The number of benzene rings is 1. The highest BCUT2D eigenvalue weighted by Crippen LogP contribution is 2.38. The smallest absolute Gasteiger partial charge is 0.312 e. The van der Waals surface area contributed by atoms with Crippen LogP contribution in [-0.4, -0.2) is 53.6 Å². The maximum Gasteiger partial charge on any atom is 0.312 e. The van der Waals surface area contributed by atoms with E-state index in [1.54, 1.807) is 6.92 Å². The van der Waals surface area contributed by atoms with Gasteiger partial charge in [-0.05, 0) is 38.4 Å². The van der Waals surface area contributed by atoms with Gasteiger partial charge >= 0.3 is 5.69 Å². The Hall–Kier alpha value is -2.35. The van der Waals surface area contributed by atoms with E-state index in [9.17, 15) is 20.0 Å². The molecule has 0 radical (unpaired) electrons. The highest BCUT2D eigenvalue weighted by Gasteiger charge is 2.29. The van der Waals surface area contributed by atoms with Crippen LogP contribution in [0.3, 0.4) is 0 Å². The zero-order chi connectivity index (χ0) is 17.9. The summed E-state index contributed by atoms with van der Waals surface area (Å²) in [6, 6.07) is 1.44. The van der Waals surface area contributed by atoms with E-state index in [2.05, 4.69) is 17.1 Å². The zero-order valence-corrected chi connectivity index (χ0v) is 14.2. The van der Waals surface area contributed by atoms with Gasteiger partial charge in [0.15, 0.2) is 0 Å². The molecule has 1 aliphatic rings. The molecule has 1 atom stereocenters. The molecule has 2 rings (SSSR count). The Labute approximate surface area is 140 Å². The Bertz CT molecular complexity index is 647. The van der Waals surface area contributed by atoms with Crippen molar-refractivity contribution >= 4 is 11.6 Å². The third-order valence-electron chi connectivity index (χ3n) is 4.45. The summed E-state index contributed by atoms with van der Waals surface area (Å²) in [6.07, 6.45) is 2.07. The normalized spacial score (nSPS) is 17.7. The first-order chi connectivity index (χ1) is 11.4. The van der Waals surface area contributed by atoms with Gasteiger partial charge in [-0.2, -0.15) is 0 Å². The van der Waals surface area contributed by atoms with E-state index in [4.69, 9.17) is 4.74 Å². The van der Waals surface area contributed by atoms with Crippen LogP contribution in [0.2, 0.25) is 0 Å². The van der Waals surface area contributed by atoms with Gasteiger partial charge in [-0.3, -0.25) is 19.8 Å². The monoisotopic (exact) mass is 337 g/mol. The molecule has 0 saturated carbocycles. The number of methoxy groups -OCH3 is 1. The van der Waals surface area contributed by atoms with Gasteiger partial charge in [-0.25, -0.2) is 0 Å². The topological polar surface area (TPSA) is 105 Å². The van der Waals surface area contributed by atoms with E-state index in [1.165, 1.54) is 13.2 Å². The molecule has 0 aromatic heterocycles. The maximum atomic E-state index is 12.5. The number of aryl methyl sites for hydroxylation is 1.